The topological polar surface area (TPSA) is 42.2 Å². The highest BCUT2D eigenvalue weighted by molar-refractivity contribution is 6.31. The zero-order valence-corrected chi connectivity index (χ0v) is 13.8. The van der Waals surface area contributed by atoms with Gasteiger partial charge in [-0.15, -0.1) is 0 Å². The molecule has 0 saturated carbocycles. The molecule has 23 heavy (non-hydrogen) atoms. The van der Waals surface area contributed by atoms with E-state index in [0.717, 1.165) is 17.3 Å². The first kappa shape index (κ1) is 15.6. The second-order valence-corrected chi connectivity index (χ2v) is 6.54. The molecule has 0 radical (unpaired) electrons. The van der Waals surface area contributed by atoms with E-state index < -0.39 is 5.97 Å². The minimum atomic E-state index is -0.935. The van der Waals surface area contributed by atoms with Gasteiger partial charge in [0.1, 0.15) is 0 Å². The highest BCUT2D eigenvalue weighted by Gasteiger charge is 2.16. The number of halogens is 1. The van der Waals surface area contributed by atoms with Crippen molar-refractivity contribution >= 4 is 28.5 Å². The highest BCUT2D eigenvalue weighted by atomic mass is 35.5. The van der Waals surface area contributed by atoms with Crippen molar-refractivity contribution in [2.75, 3.05) is 0 Å². The maximum Gasteiger partial charge on any atom is 0.337 e. The number of hydrogen-bond acceptors (Lipinski definition) is 1. The Kier molecular flexibility index (Phi) is 4.14. The van der Waals surface area contributed by atoms with Gasteiger partial charge in [0.05, 0.1) is 16.8 Å². The Bertz CT molecular complexity index is 880. The molecule has 0 spiro atoms. The number of carbonyl (C=O) groups is 1. The number of aromatic carboxylic acids is 1. The predicted octanol–water partition coefficient (Wildman–Crippen LogP) is 5.18. The molecule has 0 unspecified atom stereocenters. The fourth-order valence-electron chi connectivity index (χ4n) is 2.94. The van der Waals surface area contributed by atoms with Crippen molar-refractivity contribution in [3.8, 4) is 5.69 Å². The van der Waals surface area contributed by atoms with E-state index in [-0.39, 0.29) is 5.56 Å². The van der Waals surface area contributed by atoms with Gasteiger partial charge >= 0.3 is 5.97 Å². The van der Waals surface area contributed by atoms with E-state index in [0.29, 0.717) is 16.6 Å². The molecular formula is C19H18ClNO2. The number of carboxylic acids is 1. The molecule has 1 heterocycles. The van der Waals surface area contributed by atoms with Crippen LogP contribution in [0, 0.1) is 5.92 Å². The Morgan fingerprint density at radius 3 is 2.65 bits per heavy atom. The van der Waals surface area contributed by atoms with E-state index in [9.17, 15) is 9.90 Å². The minimum Gasteiger partial charge on any atom is -0.478 e. The molecule has 4 heteroatoms. The van der Waals surface area contributed by atoms with E-state index in [4.69, 9.17) is 11.6 Å². The second kappa shape index (κ2) is 6.09. The molecule has 0 aliphatic carbocycles. The van der Waals surface area contributed by atoms with Crippen LogP contribution in [0.25, 0.3) is 16.6 Å². The first-order chi connectivity index (χ1) is 11.0. The van der Waals surface area contributed by atoms with E-state index >= 15 is 0 Å². The van der Waals surface area contributed by atoms with Crippen LogP contribution in [0.15, 0.2) is 48.7 Å². The zero-order chi connectivity index (χ0) is 16.6. The lowest BCUT2D eigenvalue weighted by atomic mass is 10.0. The number of aromatic nitrogens is 1. The monoisotopic (exact) mass is 327 g/mol. The molecule has 1 N–H and O–H groups in total. The summed E-state index contributed by atoms with van der Waals surface area (Å²) in [4.78, 5) is 11.5. The molecule has 0 fully saturated rings. The normalized spacial score (nSPS) is 11.3. The largest absolute Gasteiger partial charge is 0.478 e. The van der Waals surface area contributed by atoms with E-state index in [1.54, 1.807) is 12.1 Å². The smallest absolute Gasteiger partial charge is 0.337 e. The lowest BCUT2D eigenvalue weighted by Crippen LogP contribution is -2.04. The van der Waals surface area contributed by atoms with Crippen molar-refractivity contribution in [2.45, 2.75) is 20.3 Å². The summed E-state index contributed by atoms with van der Waals surface area (Å²) in [5.41, 5.74) is 3.07. The summed E-state index contributed by atoms with van der Waals surface area (Å²) in [5.74, 6) is -0.422. The molecule has 2 aromatic carbocycles. The standard InChI is InChI=1S/C19H18ClNO2/c1-12(2)9-13-11-21(18-10-14(20)7-8-15(13)18)17-6-4-3-5-16(17)19(22)23/h3-8,10-12H,9H2,1-2H3,(H,22,23). The summed E-state index contributed by atoms with van der Waals surface area (Å²) < 4.78 is 1.93. The van der Waals surface area contributed by atoms with Crippen LogP contribution in [-0.2, 0) is 6.42 Å². The summed E-state index contributed by atoms with van der Waals surface area (Å²) in [7, 11) is 0. The Morgan fingerprint density at radius 2 is 1.96 bits per heavy atom. The molecule has 3 nitrogen and oxygen atoms in total. The summed E-state index contributed by atoms with van der Waals surface area (Å²) in [6.07, 6.45) is 2.96. The summed E-state index contributed by atoms with van der Waals surface area (Å²) >= 11 is 6.17. The van der Waals surface area contributed by atoms with Crippen molar-refractivity contribution in [1.29, 1.82) is 0 Å². The van der Waals surface area contributed by atoms with Crippen LogP contribution in [0.1, 0.15) is 29.8 Å². The number of benzene rings is 2. The molecule has 0 bridgehead atoms. The van der Waals surface area contributed by atoms with Crippen LogP contribution < -0.4 is 0 Å². The van der Waals surface area contributed by atoms with E-state index in [1.807, 2.05) is 41.1 Å². The highest BCUT2D eigenvalue weighted by Crippen LogP contribution is 2.30. The maximum absolute atomic E-state index is 11.5. The molecule has 0 aliphatic heterocycles. The Labute approximate surface area is 140 Å². The first-order valence-corrected chi connectivity index (χ1v) is 7.97. The van der Waals surface area contributed by atoms with Gasteiger partial charge in [0, 0.05) is 16.6 Å². The molecule has 1 aromatic heterocycles. The van der Waals surface area contributed by atoms with E-state index in [1.165, 1.54) is 5.56 Å². The molecule has 3 aromatic rings. The van der Waals surface area contributed by atoms with E-state index in [2.05, 4.69) is 13.8 Å². The number of rotatable bonds is 4. The zero-order valence-electron chi connectivity index (χ0n) is 13.1. The number of hydrogen-bond donors (Lipinski definition) is 1. The van der Waals surface area contributed by atoms with Gasteiger partial charge in [0.25, 0.3) is 0 Å². The fourth-order valence-corrected chi connectivity index (χ4v) is 3.10. The average Bonchev–Trinajstić information content (AvgIpc) is 2.84. The molecule has 0 saturated heterocycles. The van der Waals surface area contributed by atoms with Gasteiger partial charge < -0.3 is 9.67 Å². The van der Waals surface area contributed by atoms with Gasteiger partial charge in [0.2, 0.25) is 0 Å². The first-order valence-electron chi connectivity index (χ1n) is 7.59. The van der Waals surface area contributed by atoms with Gasteiger partial charge in [-0.2, -0.15) is 0 Å². The number of fused-ring (bicyclic) bond motifs is 1. The van der Waals surface area contributed by atoms with Gasteiger partial charge in [-0.25, -0.2) is 4.79 Å². The van der Waals surface area contributed by atoms with Gasteiger partial charge in [-0.1, -0.05) is 43.6 Å². The Hall–Kier alpha value is -2.26. The minimum absolute atomic E-state index is 0.278. The molecular weight excluding hydrogens is 310 g/mol. The molecule has 0 amide bonds. The van der Waals surface area contributed by atoms with Gasteiger partial charge in [-0.05, 0) is 42.2 Å². The third-order valence-electron chi connectivity index (χ3n) is 3.87. The van der Waals surface area contributed by atoms with Crippen LogP contribution in [0.2, 0.25) is 5.02 Å². The summed E-state index contributed by atoms with van der Waals surface area (Å²) in [6, 6.07) is 12.8. The Balaban J connectivity index is 2.29. The van der Waals surface area contributed by atoms with Crippen LogP contribution in [-0.4, -0.2) is 15.6 Å². The summed E-state index contributed by atoms with van der Waals surface area (Å²) in [5, 5.41) is 11.2. The molecule has 0 aliphatic rings. The number of para-hydroxylation sites is 1. The average molecular weight is 328 g/mol. The second-order valence-electron chi connectivity index (χ2n) is 6.11. The predicted molar refractivity (Wildman–Crippen MR) is 93.8 cm³/mol. The third-order valence-corrected chi connectivity index (χ3v) is 4.11. The lowest BCUT2D eigenvalue weighted by Gasteiger charge is -2.09. The maximum atomic E-state index is 11.5. The van der Waals surface area contributed by atoms with Crippen molar-refractivity contribution in [3.05, 3.63) is 64.8 Å². The molecule has 118 valence electrons. The van der Waals surface area contributed by atoms with Crippen LogP contribution >= 0.6 is 11.6 Å². The van der Waals surface area contributed by atoms with Crippen molar-refractivity contribution in [3.63, 3.8) is 0 Å². The fraction of sp³-hybridized carbons (Fsp3) is 0.211. The van der Waals surface area contributed by atoms with Gasteiger partial charge in [0.15, 0.2) is 0 Å². The Morgan fingerprint density at radius 1 is 1.22 bits per heavy atom. The van der Waals surface area contributed by atoms with Crippen molar-refractivity contribution in [2.24, 2.45) is 5.92 Å². The number of carboxylic acid groups (broad SMARTS) is 1. The quantitative estimate of drug-likeness (QED) is 0.717. The van der Waals surface area contributed by atoms with Crippen LogP contribution in [0.4, 0.5) is 0 Å². The number of nitrogens with zero attached hydrogens (tertiary/aromatic N) is 1. The van der Waals surface area contributed by atoms with Crippen LogP contribution in [0.5, 0.6) is 0 Å². The van der Waals surface area contributed by atoms with Crippen molar-refractivity contribution in [1.82, 2.24) is 4.57 Å². The van der Waals surface area contributed by atoms with Gasteiger partial charge in [-0.3, -0.25) is 0 Å². The summed E-state index contributed by atoms with van der Waals surface area (Å²) in [6.45, 7) is 4.34. The van der Waals surface area contributed by atoms with Crippen molar-refractivity contribution < 1.29 is 9.90 Å². The third kappa shape index (κ3) is 2.97. The molecule has 3 rings (SSSR count). The SMILES string of the molecule is CC(C)Cc1cn(-c2ccccc2C(=O)O)c2cc(Cl)ccc12. The molecule has 0 atom stereocenters. The lowest BCUT2D eigenvalue weighted by molar-refractivity contribution is 0.0697. The van der Waals surface area contributed by atoms with Crippen LogP contribution in [0.3, 0.4) is 0 Å².